The standard InChI is InChI=1S/C33H54N2O9/c1-7-25(37)23(4)30-26(42-30)20-32(5,40)13-8-9-21(2)29-22(3)10-11-27(43-31(39)35-17-15-34-16-18-35)33(6,41)14-12-24(36)19-28(38)44-29/h8-11,13,22-27,29-30,34,36-37,40-41H,7,12,14-20H2,1-6H3/b11-10+,13-8+,21-9+/t22-,23?,24+,25?,26+,27-,29+,30+,32?,33+/m0/s1. The second-order valence-electron chi connectivity index (χ2n) is 13.3. The lowest BCUT2D eigenvalue weighted by Gasteiger charge is -2.35. The number of amides is 1. The van der Waals surface area contributed by atoms with Crippen LogP contribution in [0.25, 0.3) is 0 Å². The Balaban J connectivity index is 1.74. The molecule has 2 saturated heterocycles. The number of carbonyl (C=O) groups is 2. The molecule has 11 heteroatoms. The van der Waals surface area contributed by atoms with Gasteiger partial charge in [0.1, 0.15) is 11.7 Å². The van der Waals surface area contributed by atoms with Crippen molar-refractivity contribution < 1.29 is 44.2 Å². The number of allylic oxidation sites excluding steroid dienone is 2. The van der Waals surface area contributed by atoms with Crippen LogP contribution in [-0.4, -0.2) is 111 Å². The number of carbonyl (C=O) groups excluding carboxylic acids is 2. The van der Waals surface area contributed by atoms with E-state index in [0.29, 0.717) is 44.6 Å². The van der Waals surface area contributed by atoms with Crippen molar-refractivity contribution in [2.45, 2.75) is 121 Å². The molecular formula is C33H54N2O9. The van der Waals surface area contributed by atoms with Gasteiger partial charge in [0.05, 0.1) is 36.4 Å². The molecule has 250 valence electrons. The van der Waals surface area contributed by atoms with Gasteiger partial charge in [0.25, 0.3) is 0 Å². The molecule has 1 amide bonds. The van der Waals surface area contributed by atoms with E-state index in [4.69, 9.17) is 14.2 Å². The minimum atomic E-state index is -1.48. The molecule has 44 heavy (non-hydrogen) atoms. The molecule has 0 radical (unpaired) electrons. The lowest BCUT2D eigenvalue weighted by atomic mass is 9.88. The summed E-state index contributed by atoms with van der Waals surface area (Å²) in [6, 6.07) is 0. The summed E-state index contributed by atoms with van der Waals surface area (Å²) in [6.07, 6.45) is 5.68. The first-order valence-electron chi connectivity index (χ1n) is 16.0. The van der Waals surface area contributed by atoms with Crippen molar-refractivity contribution in [3.05, 3.63) is 36.0 Å². The molecule has 0 aromatic carbocycles. The van der Waals surface area contributed by atoms with Gasteiger partial charge in [-0.05, 0) is 51.7 Å². The number of hydrogen-bond acceptors (Lipinski definition) is 10. The van der Waals surface area contributed by atoms with Crippen LogP contribution in [0.2, 0.25) is 0 Å². The average Bonchev–Trinajstić information content (AvgIpc) is 3.73. The molecule has 3 aliphatic rings. The van der Waals surface area contributed by atoms with Gasteiger partial charge in [-0.25, -0.2) is 4.79 Å². The molecule has 0 aromatic heterocycles. The lowest BCUT2D eigenvalue weighted by molar-refractivity contribution is -0.151. The Labute approximate surface area is 261 Å². The van der Waals surface area contributed by atoms with E-state index < -0.39 is 47.7 Å². The third kappa shape index (κ3) is 10.7. The molecule has 10 atom stereocenters. The van der Waals surface area contributed by atoms with E-state index in [2.05, 4.69) is 5.32 Å². The number of nitrogens with one attached hydrogen (secondary N) is 1. The lowest BCUT2D eigenvalue weighted by Crippen LogP contribution is -2.50. The van der Waals surface area contributed by atoms with Gasteiger partial charge in [0.15, 0.2) is 6.10 Å². The predicted octanol–water partition coefficient (Wildman–Crippen LogP) is 2.61. The topological polar surface area (TPSA) is 161 Å². The van der Waals surface area contributed by atoms with E-state index in [1.165, 1.54) is 0 Å². The van der Waals surface area contributed by atoms with Gasteiger partial charge in [-0.1, -0.05) is 45.1 Å². The van der Waals surface area contributed by atoms with E-state index in [-0.39, 0.29) is 43.3 Å². The van der Waals surface area contributed by atoms with Gasteiger partial charge in [-0.15, -0.1) is 0 Å². The Bertz CT molecular complexity index is 1050. The van der Waals surface area contributed by atoms with Crippen LogP contribution < -0.4 is 5.32 Å². The third-order valence-electron chi connectivity index (χ3n) is 8.97. The van der Waals surface area contributed by atoms with Crippen LogP contribution in [0.3, 0.4) is 0 Å². The molecular weight excluding hydrogens is 568 g/mol. The predicted molar refractivity (Wildman–Crippen MR) is 166 cm³/mol. The molecule has 11 nitrogen and oxygen atoms in total. The molecule has 3 rings (SSSR count). The highest BCUT2D eigenvalue weighted by molar-refractivity contribution is 5.70. The Morgan fingerprint density at radius 2 is 2.00 bits per heavy atom. The first-order chi connectivity index (χ1) is 20.6. The summed E-state index contributed by atoms with van der Waals surface area (Å²) >= 11 is 0. The number of ether oxygens (including phenoxy) is 3. The highest BCUT2D eigenvalue weighted by Crippen LogP contribution is 2.37. The van der Waals surface area contributed by atoms with E-state index >= 15 is 0 Å². The van der Waals surface area contributed by atoms with Crippen molar-refractivity contribution >= 4 is 12.1 Å². The highest BCUT2D eigenvalue weighted by Gasteiger charge is 2.47. The number of cyclic esters (lactones) is 1. The van der Waals surface area contributed by atoms with Gasteiger partial charge < -0.3 is 44.9 Å². The normalized spacial score (nSPS) is 35.9. The average molecular weight is 623 g/mol. The van der Waals surface area contributed by atoms with Crippen molar-refractivity contribution in [3.63, 3.8) is 0 Å². The first-order valence-corrected chi connectivity index (χ1v) is 16.0. The van der Waals surface area contributed by atoms with Crippen molar-refractivity contribution in [3.8, 4) is 0 Å². The smallest absolute Gasteiger partial charge is 0.410 e. The van der Waals surface area contributed by atoms with Crippen molar-refractivity contribution in [2.24, 2.45) is 11.8 Å². The van der Waals surface area contributed by atoms with Crippen molar-refractivity contribution in [1.29, 1.82) is 0 Å². The summed E-state index contributed by atoms with van der Waals surface area (Å²) in [5.41, 5.74) is -1.93. The van der Waals surface area contributed by atoms with E-state index in [1.807, 2.05) is 27.7 Å². The van der Waals surface area contributed by atoms with Gasteiger partial charge >= 0.3 is 12.1 Å². The number of nitrogens with zero attached hydrogens (tertiary/aromatic N) is 1. The monoisotopic (exact) mass is 622 g/mol. The third-order valence-corrected chi connectivity index (χ3v) is 8.97. The number of esters is 1. The molecule has 0 bridgehead atoms. The highest BCUT2D eigenvalue weighted by atomic mass is 16.6. The quantitative estimate of drug-likeness (QED) is 0.112. The van der Waals surface area contributed by atoms with Gasteiger partial charge in [0, 0.05) is 44.4 Å². The second kappa shape index (κ2) is 15.8. The molecule has 0 aromatic rings. The summed E-state index contributed by atoms with van der Waals surface area (Å²) in [5.74, 6) is -0.942. The van der Waals surface area contributed by atoms with E-state index in [9.17, 15) is 30.0 Å². The molecule has 0 saturated carbocycles. The summed E-state index contributed by atoms with van der Waals surface area (Å²) in [5, 5.41) is 46.1. The zero-order chi connectivity index (χ0) is 32.7. The zero-order valence-corrected chi connectivity index (χ0v) is 27.1. The fraction of sp³-hybridized carbons (Fsp3) is 0.758. The maximum Gasteiger partial charge on any atom is 0.410 e. The number of aliphatic hydroxyl groups excluding tert-OH is 2. The number of rotatable bonds is 9. The molecule has 3 heterocycles. The molecule has 3 aliphatic heterocycles. The summed E-state index contributed by atoms with van der Waals surface area (Å²) in [7, 11) is 0. The fourth-order valence-corrected chi connectivity index (χ4v) is 5.83. The molecule has 5 N–H and O–H groups in total. The maximum absolute atomic E-state index is 12.9. The number of epoxide rings is 1. The molecule has 0 aliphatic carbocycles. The van der Waals surface area contributed by atoms with Crippen LogP contribution in [0.5, 0.6) is 0 Å². The summed E-state index contributed by atoms with van der Waals surface area (Å²) in [4.78, 5) is 27.3. The second-order valence-corrected chi connectivity index (χ2v) is 13.3. The van der Waals surface area contributed by atoms with Crippen LogP contribution >= 0.6 is 0 Å². The zero-order valence-electron chi connectivity index (χ0n) is 27.1. The first kappa shape index (κ1) is 36.2. The van der Waals surface area contributed by atoms with Gasteiger partial charge in [-0.2, -0.15) is 0 Å². The number of hydrogen-bond donors (Lipinski definition) is 5. The molecule has 0 spiro atoms. The minimum absolute atomic E-state index is 0.00958. The number of aliphatic hydroxyl groups is 4. The summed E-state index contributed by atoms with van der Waals surface area (Å²) < 4.78 is 17.3. The summed E-state index contributed by atoms with van der Waals surface area (Å²) in [6.45, 7) is 13.1. The Morgan fingerprint density at radius 3 is 2.66 bits per heavy atom. The Kier molecular flexibility index (Phi) is 13.0. The Morgan fingerprint density at radius 1 is 1.32 bits per heavy atom. The fourth-order valence-electron chi connectivity index (χ4n) is 5.83. The number of piperazine rings is 1. The van der Waals surface area contributed by atoms with Gasteiger partial charge in [-0.3, -0.25) is 4.79 Å². The Hall–Kier alpha value is -2.28. The largest absolute Gasteiger partial charge is 0.457 e. The van der Waals surface area contributed by atoms with Crippen molar-refractivity contribution in [1.82, 2.24) is 10.2 Å². The van der Waals surface area contributed by atoms with E-state index in [1.54, 1.807) is 49.1 Å². The van der Waals surface area contributed by atoms with Crippen LogP contribution in [-0.2, 0) is 19.0 Å². The SMILES string of the molecule is CCC(O)C(C)[C@H]1O[C@@H]1CC(C)(O)/C=C/C=C(\C)[C@H]1OC(=O)C[C@H](O)CC[C@@](C)(O)[C@@H](OC(=O)N2CCNCC2)/C=C/[C@@H]1C. The van der Waals surface area contributed by atoms with Crippen LogP contribution in [0.1, 0.15) is 73.6 Å². The maximum atomic E-state index is 12.9. The van der Waals surface area contributed by atoms with Crippen LogP contribution in [0, 0.1) is 11.8 Å². The van der Waals surface area contributed by atoms with Crippen LogP contribution in [0.15, 0.2) is 36.0 Å². The van der Waals surface area contributed by atoms with E-state index in [0.717, 1.165) is 0 Å². The minimum Gasteiger partial charge on any atom is -0.457 e. The van der Waals surface area contributed by atoms with Crippen molar-refractivity contribution in [2.75, 3.05) is 26.2 Å². The molecule has 2 fully saturated rings. The van der Waals surface area contributed by atoms with Gasteiger partial charge in [0.2, 0.25) is 0 Å². The van der Waals surface area contributed by atoms with Crippen LogP contribution in [0.4, 0.5) is 4.79 Å². The molecule has 3 unspecified atom stereocenters.